The molecule has 180 valence electrons. The van der Waals surface area contributed by atoms with E-state index in [0.29, 0.717) is 23.8 Å². The van der Waals surface area contributed by atoms with Gasteiger partial charge in [0, 0.05) is 41.2 Å². The summed E-state index contributed by atoms with van der Waals surface area (Å²) in [4.78, 5) is 34.8. The minimum atomic E-state index is -0.719. The van der Waals surface area contributed by atoms with Gasteiger partial charge in [0.25, 0.3) is 5.91 Å². The maximum atomic E-state index is 12.9. The molecular formula is C29H32N4O2. The summed E-state index contributed by atoms with van der Waals surface area (Å²) >= 11 is 0. The minimum Gasteiger partial charge on any atom is -0.348 e. The van der Waals surface area contributed by atoms with Crippen molar-refractivity contribution in [3.8, 4) is 0 Å². The van der Waals surface area contributed by atoms with Gasteiger partial charge in [-0.25, -0.2) is 4.98 Å². The molecule has 6 heteroatoms. The lowest BCUT2D eigenvalue weighted by atomic mass is 9.71. The number of nitrogens with zero attached hydrogens (tertiary/aromatic N) is 2. The molecule has 5 rings (SSSR count). The summed E-state index contributed by atoms with van der Waals surface area (Å²) in [6, 6.07) is 15.6. The molecule has 2 amide bonds. The fourth-order valence-corrected chi connectivity index (χ4v) is 5.56. The molecule has 35 heavy (non-hydrogen) atoms. The van der Waals surface area contributed by atoms with E-state index < -0.39 is 5.41 Å². The number of pyridine rings is 2. The molecule has 2 aromatic heterocycles. The molecule has 1 saturated carbocycles. The molecule has 0 radical (unpaired) electrons. The monoisotopic (exact) mass is 468 g/mol. The maximum Gasteiger partial charge on any atom is 0.251 e. The zero-order chi connectivity index (χ0) is 24.6. The highest BCUT2D eigenvalue weighted by Gasteiger charge is 2.47. The van der Waals surface area contributed by atoms with Crippen LogP contribution in [0, 0.1) is 6.92 Å². The fraction of sp³-hybridized carbons (Fsp3) is 0.379. The van der Waals surface area contributed by atoms with Crippen molar-refractivity contribution >= 4 is 17.6 Å². The van der Waals surface area contributed by atoms with Crippen molar-refractivity contribution in [2.24, 2.45) is 0 Å². The Kier molecular flexibility index (Phi) is 6.13. The Balaban J connectivity index is 1.27. The SMILES string of the molecule is Cc1cc(CNC(=O)c2ccc([C@@H](C)[C@@]3(C)C(=O)Nc4ncccc43)cc2)cc(C2CCCC2)n1. The van der Waals surface area contributed by atoms with Gasteiger partial charge >= 0.3 is 0 Å². The van der Waals surface area contributed by atoms with E-state index in [0.717, 1.165) is 28.1 Å². The van der Waals surface area contributed by atoms with Crippen LogP contribution in [0.15, 0.2) is 54.7 Å². The van der Waals surface area contributed by atoms with Crippen LogP contribution in [0.3, 0.4) is 0 Å². The van der Waals surface area contributed by atoms with Gasteiger partial charge in [-0.2, -0.15) is 0 Å². The number of aryl methyl sites for hydroxylation is 1. The number of amides is 2. The Morgan fingerprint density at radius 3 is 2.66 bits per heavy atom. The summed E-state index contributed by atoms with van der Waals surface area (Å²) < 4.78 is 0. The third kappa shape index (κ3) is 4.33. The van der Waals surface area contributed by atoms with Crippen LogP contribution in [0.5, 0.6) is 0 Å². The van der Waals surface area contributed by atoms with Crippen molar-refractivity contribution in [2.45, 2.75) is 70.3 Å². The van der Waals surface area contributed by atoms with Gasteiger partial charge in [0.05, 0.1) is 5.41 Å². The van der Waals surface area contributed by atoms with Gasteiger partial charge < -0.3 is 10.6 Å². The first-order valence-corrected chi connectivity index (χ1v) is 12.5. The Bertz CT molecular complexity index is 1260. The van der Waals surface area contributed by atoms with Crippen LogP contribution in [0.4, 0.5) is 5.82 Å². The van der Waals surface area contributed by atoms with Gasteiger partial charge in [-0.1, -0.05) is 38.0 Å². The highest BCUT2D eigenvalue weighted by Crippen LogP contribution is 2.45. The molecule has 0 bridgehead atoms. The van der Waals surface area contributed by atoms with E-state index in [4.69, 9.17) is 4.98 Å². The standard InChI is InChI=1S/C29H32N4O2/c1-18-15-20(16-25(32-18)22-7-4-5-8-22)17-31-27(34)23-12-10-21(11-13-23)19(2)29(3)24-9-6-14-30-26(24)33-28(29)35/h6,9-16,19,22H,4-5,7-8,17H2,1-3H3,(H,31,34)(H,30,33,35)/t19-,29-/m1/s1. The second kappa shape index (κ2) is 9.25. The summed E-state index contributed by atoms with van der Waals surface area (Å²) in [5.74, 6) is 0.931. The van der Waals surface area contributed by atoms with Crippen molar-refractivity contribution in [1.82, 2.24) is 15.3 Å². The molecule has 0 spiro atoms. The average molecular weight is 469 g/mol. The largest absolute Gasteiger partial charge is 0.348 e. The number of nitrogens with one attached hydrogen (secondary N) is 2. The van der Waals surface area contributed by atoms with Crippen LogP contribution in [0.1, 0.15) is 89.8 Å². The average Bonchev–Trinajstić information content (AvgIpc) is 3.49. The van der Waals surface area contributed by atoms with Crippen molar-refractivity contribution < 1.29 is 9.59 Å². The molecule has 0 unspecified atom stereocenters. The van der Waals surface area contributed by atoms with Crippen LogP contribution < -0.4 is 10.6 Å². The third-order valence-electron chi connectivity index (χ3n) is 7.87. The molecular weight excluding hydrogens is 436 g/mol. The Labute approximate surface area is 206 Å². The quantitative estimate of drug-likeness (QED) is 0.508. The molecule has 2 atom stereocenters. The number of aromatic nitrogens is 2. The van der Waals surface area contributed by atoms with E-state index in [1.54, 1.807) is 6.20 Å². The fourth-order valence-electron chi connectivity index (χ4n) is 5.56. The van der Waals surface area contributed by atoms with Gasteiger partial charge in [0.2, 0.25) is 5.91 Å². The molecule has 1 aliphatic carbocycles. The highest BCUT2D eigenvalue weighted by atomic mass is 16.2. The summed E-state index contributed by atoms with van der Waals surface area (Å²) in [7, 11) is 0. The first-order valence-electron chi connectivity index (χ1n) is 12.5. The number of benzene rings is 1. The van der Waals surface area contributed by atoms with Gasteiger partial charge in [0.1, 0.15) is 5.82 Å². The third-order valence-corrected chi connectivity index (χ3v) is 7.87. The predicted molar refractivity (Wildman–Crippen MR) is 136 cm³/mol. The molecule has 6 nitrogen and oxygen atoms in total. The molecule has 1 aromatic carbocycles. The predicted octanol–water partition coefficient (Wildman–Crippen LogP) is 5.39. The normalized spacial score (nSPS) is 20.4. The second-order valence-corrected chi connectivity index (χ2v) is 10.1. The zero-order valence-corrected chi connectivity index (χ0v) is 20.6. The zero-order valence-electron chi connectivity index (χ0n) is 20.6. The van der Waals surface area contributed by atoms with Crippen LogP contribution in [-0.4, -0.2) is 21.8 Å². The lowest BCUT2D eigenvalue weighted by molar-refractivity contribution is -0.120. The van der Waals surface area contributed by atoms with Crippen molar-refractivity contribution in [3.05, 3.63) is 88.4 Å². The smallest absolute Gasteiger partial charge is 0.251 e. The van der Waals surface area contributed by atoms with Crippen LogP contribution in [-0.2, 0) is 16.8 Å². The number of rotatable bonds is 6. The molecule has 0 saturated heterocycles. The lowest BCUT2D eigenvalue weighted by Crippen LogP contribution is -2.36. The Morgan fingerprint density at radius 2 is 1.91 bits per heavy atom. The molecule has 2 N–H and O–H groups in total. The molecule has 1 fully saturated rings. The van der Waals surface area contributed by atoms with E-state index in [1.807, 2.05) is 63.2 Å². The molecule has 3 aromatic rings. The topological polar surface area (TPSA) is 84.0 Å². The second-order valence-electron chi connectivity index (χ2n) is 10.1. The molecule has 3 heterocycles. The van der Waals surface area contributed by atoms with Gasteiger partial charge in [0.15, 0.2) is 0 Å². The molecule has 2 aliphatic rings. The Morgan fingerprint density at radius 1 is 1.17 bits per heavy atom. The van der Waals surface area contributed by atoms with E-state index in [1.165, 1.54) is 25.7 Å². The van der Waals surface area contributed by atoms with E-state index >= 15 is 0 Å². The van der Waals surface area contributed by atoms with E-state index in [2.05, 4.69) is 21.7 Å². The first-order chi connectivity index (χ1) is 16.9. The van der Waals surface area contributed by atoms with Gasteiger partial charge in [-0.05, 0) is 74.1 Å². The summed E-state index contributed by atoms with van der Waals surface area (Å²) in [5.41, 5.74) is 5.04. The summed E-state index contributed by atoms with van der Waals surface area (Å²) in [6.07, 6.45) is 6.64. The van der Waals surface area contributed by atoms with E-state index in [-0.39, 0.29) is 17.7 Å². The number of anilines is 1. The van der Waals surface area contributed by atoms with Gasteiger partial charge in [-0.15, -0.1) is 0 Å². The van der Waals surface area contributed by atoms with Crippen LogP contribution in [0.2, 0.25) is 0 Å². The van der Waals surface area contributed by atoms with Crippen LogP contribution >= 0.6 is 0 Å². The van der Waals surface area contributed by atoms with Crippen molar-refractivity contribution in [1.29, 1.82) is 0 Å². The number of hydrogen-bond acceptors (Lipinski definition) is 4. The number of carbonyl (C=O) groups excluding carboxylic acids is 2. The van der Waals surface area contributed by atoms with E-state index in [9.17, 15) is 9.59 Å². The van der Waals surface area contributed by atoms with Crippen LogP contribution in [0.25, 0.3) is 0 Å². The first kappa shape index (κ1) is 23.2. The minimum absolute atomic E-state index is 0.0508. The maximum absolute atomic E-state index is 12.9. The highest BCUT2D eigenvalue weighted by molar-refractivity contribution is 6.05. The number of fused-ring (bicyclic) bond motifs is 1. The van der Waals surface area contributed by atoms with Crippen molar-refractivity contribution in [2.75, 3.05) is 5.32 Å². The summed E-state index contributed by atoms with van der Waals surface area (Å²) in [5, 5.41) is 5.96. The number of carbonyl (C=O) groups is 2. The molecule has 1 aliphatic heterocycles. The lowest BCUT2D eigenvalue weighted by Gasteiger charge is -2.30. The van der Waals surface area contributed by atoms with Gasteiger partial charge in [-0.3, -0.25) is 14.6 Å². The summed E-state index contributed by atoms with van der Waals surface area (Å²) in [6.45, 7) is 6.49. The Hall–Kier alpha value is -3.54. The number of hydrogen-bond donors (Lipinski definition) is 2. The van der Waals surface area contributed by atoms with Crippen molar-refractivity contribution in [3.63, 3.8) is 0 Å².